The molecule has 1 aromatic carbocycles. The van der Waals surface area contributed by atoms with Crippen molar-refractivity contribution in [3.05, 3.63) is 40.1 Å². The quantitative estimate of drug-likeness (QED) is 0.318. The normalized spacial score (nSPS) is 23.8. The van der Waals surface area contributed by atoms with E-state index in [1.807, 2.05) is 18.5 Å². The number of nitrogens with two attached hydrogens (primary N) is 1. The highest BCUT2D eigenvalue weighted by molar-refractivity contribution is 6.35. The third-order valence-electron chi connectivity index (χ3n) is 8.65. The van der Waals surface area contributed by atoms with E-state index in [-0.39, 0.29) is 0 Å². The summed E-state index contributed by atoms with van der Waals surface area (Å²) in [5.74, 6) is 2.07. The standard InChI is InChI=1S/C28H38Cl2N8/c29-20-6-5-19(24(30)16-20)15-18-11-13-37(14-12-18)36-26-25-27(38(17-32-25)23-3-1-2-4-23)35-28(34-26)33-22-9-7-21(31)8-10-22/h5-6,16-18,21-23H,1-4,7-15,31H2,(H2,33,34,35,36). The first-order valence-electron chi connectivity index (χ1n) is 14.2. The molecule has 2 saturated carbocycles. The summed E-state index contributed by atoms with van der Waals surface area (Å²) in [7, 11) is 0. The van der Waals surface area contributed by atoms with E-state index < -0.39 is 0 Å². The van der Waals surface area contributed by atoms with Gasteiger partial charge in [0.2, 0.25) is 5.95 Å². The second-order valence-corrected chi connectivity index (χ2v) is 12.2. The summed E-state index contributed by atoms with van der Waals surface area (Å²) in [5, 5.41) is 7.35. The SMILES string of the molecule is NC1CCC(Nc2nc(NN3CCC(Cc4ccc(Cl)cc4Cl)CC3)c3ncn(C4CCCC4)c3n2)CC1. The van der Waals surface area contributed by atoms with Crippen molar-refractivity contribution in [3.8, 4) is 0 Å². The highest BCUT2D eigenvalue weighted by Gasteiger charge is 2.26. The Morgan fingerprint density at radius 2 is 1.71 bits per heavy atom. The average Bonchev–Trinajstić information content (AvgIpc) is 3.58. The van der Waals surface area contributed by atoms with Crippen LogP contribution in [-0.4, -0.2) is 49.7 Å². The van der Waals surface area contributed by atoms with Crippen molar-refractivity contribution in [1.29, 1.82) is 0 Å². The van der Waals surface area contributed by atoms with Crippen LogP contribution in [-0.2, 0) is 6.42 Å². The largest absolute Gasteiger partial charge is 0.351 e. The topological polar surface area (TPSA) is 96.9 Å². The van der Waals surface area contributed by atoms with E-state index in [1.54, 1.807) is 0 Å². The highest BCUT2D eigenvalue weighted by Crippen LogP contribution is 2.34. The van der Waals surface area contributed by atoms with Crippen LogP contribution in [0.25, 0.3) is 11.2 Å². The van der Waals surface area contributed by atoms with Crippen LogP contribution >= 0.6 is 23.2 Å². The molecule has 1 aliphatic heterocycles. The lowest BCUT2D eigenvalue weighted by atomic mass is 9.91. The van der Waals surface area contributed by atoms with Crippen molar-refractivity contribution in [2.75, 3.05) is 23.8 Å². The monoisotopic (exact) mass is 556 g/mol. The van der Waals surface area contributed by atoms with Crippen LogP contribution in [0.2, 0.25) is 10.0 Å². The van der Waals surface area contributed by atoms with Crippen molar-refractivity contribution < 1.29 is 0 Å². The molecule has 38 heavy (non-hydrogen) atoms. The molecule has 4 N–H and O–H groups in total. The summed E-state index contributed by atoms with van der Waals surface area (Å²) < 4.78 is 2.28. The summed E-state index contributed by atoms with van der Waals surface area (Å²) in [6, 6.07) is 6.97. The Morgan fingerprint density at radius 1 is 0.947 bits per heavy atom. The van der Waals surface area contributed by atoms with Gasteiger partial charge in [-0.3, -0.25) is 0 Å². The lowest BCUT2D eigenvalue weighted by Crippen LogP contribution is -2.39. The Hall–Kier alpha value is -2.13. The molecule has 2 aliphatic carbocycles. The number of hydrogen-bond acceptors (Lipinski definition) is 7. The summed E-state index contributed by atoms with van der Waals surface area (Å²) in [4.78, 5) is 14.7. The van der Waals surface area contributed by atoms with E-state index in [9.17, 15) is 0 Å². The Balaban J connectivity index is 1.17. The molecular weight excluding hydrogens is 519 g/mol. The molecule has 0 amide bonds. The first-order chi connectivity index (χ1) is 18.5. The Kier molecular flexibility index (Phi) is 7.93. The van der Waals surface area contributed by atoms with Gasteiger partial charge in [-0.15, -0.1) is 0 Å². The third-order valence-corrected chi connectivity index (χ3v) is 9.23. The van der Waals surface area contributed by atoms with Crippen molar-refractivity contribution in [3.63, 3.8) is 0 Å². The summed E-state index contributed by atoms with van der Waals surface area (Å²) in [6.07, 6.45) is 14.2. The van der Waals surface area contributed by atoms with Crippen molar-refractivity contribution in [1.82, 2.24) is 24.5 Å². The van der Waals surface area contributed by atoms with E-state index in [4.69, 9.17) is 43.9 Å². The number of aromatic nitrogens is 4. The number of benzene rings is 1. The maximum Gasteiger partial charge on any atom is 0.227 e. The van der Waals surface area contributed by atoms with Crippen LogP contribution < -0.4 is 16.5 Å². The van der Waals surface area contributed by atoms with Gasteiger partial charge in [0.15, 0.2) is 17.0 Å². The molecule has 6 rings (SSSR count). The maximum absolute atomic E-state index is 6.44. The van der Waals surface area contributed by atoms with Crippen LogP contribution in [0.15, 0.2) is 24.5 Å². The summed E-state index contributed by atoms with van der Waals surface area (Å²) in [6.45, 7) is 1.88. The zero-order valence-electron chi connectivity index (χ0n) is 21.9. The predicted octanol–water partition coefficient (Wildman–Crippen LogP) is 6.21. The number of nitrogens with zero attached hydrogens (tertiary/aromatic N) is 5. The molecule has 10 heteroatoms. The van der Waals surface area contributed by atoms with Gasteiger partial charge in [-0.2, -0.15) is 9.97 Å². The first kappa shape index (κ1) is 26.1. The number of hydrazine groups is 1. The molecular formula is C28H38Cl2N8. The summed E-state index contributed by atoms with van der Waals surface area (Å²) in [5.41, 5.74) is 12.7. The van der Waals surface area contributed by atoms with Gasteiger partial charge in [0.05, 0.1) is 6.33 Å². The smallest absolute Gasteiger partial charge is 0.227 e. The molecule has 204 valence electrons. The lowest BCUT2D eigenvalue weighted by Gasteiger charge is -2.32. The minimum absolute atomic E-state index is 0.316. The molecule has 3 aromatic rings. The number of rotatable bonds is 7. The molecule has 0 unspecified atom stereocenters. The van der Waals surface area contributed by atoms with Crippen LogP contribution in [0.1, 0.15) is 75.8 Å². The van der Waals surface area contributed by atoms with Crippen LogP contribution in [0.4, 0.5) is 11.8 Å². The molecule has 2 aromatic heterocycles. The second-order valence-electron chi connectivity index (χ2n) is 11.4. The zero-order chi connectivity index (χ0) is 26.1. The second kappa shape index (κ2) is 11.5. The number of halogens is 2. The number of imidazole rings is 1. The Labute approximate surface area is 234 Å². The highest BCUT2D eigenvalue weighted by atomic mass is 35.5. The number of hydrogen-bond donors (Lipinski definition) is 3. The minimum atomic E-state index is 0.316. The third kappa shape index (κ3) is 5.88. The van der Waals surface area contributed by atoms with E-state index in [0.29, 0.717) is 35.0 Å². The minimum Gasteiger partial charge on any atom is -0.351 e. The van der Waals surface area contributed by atoms with E-state index in [2.05, 4.69) is 26.4 Å². The van der Waals surface area contributed by atoms with Gasteiger partial charge in [-0.25, -0.2) is 9.99 Å². The van der Waals surface area contributed by atoms with Gasteiger partial charge in [0, 0.05) is 41.3 Å². The van der Waals surface area contributed by atoms with Crippen molar-refractivity contribution in [2.24, 2.45) is 11.7 Å². The molecule has 3 heterocycles. The molecule has 0 spiro atoms. The van der Waals surface area contributed by atoms with Gasteiger partial charge in [-0.05, 0) is 81.4 Å². The molecule has 8 nitrogen and oxygen atoms in total. The van der Waals surface area contributed by atoms with Gasteiger partial charge in [0.25, 0.3) is 0 Å². The molecule has 1 saturated heterocycles. The molecule has 0 bridgehead atoms. The number of fused-ring (bicyclic) bond motifs is 1. The van der Waals surface area contributed by atoms with E-state index in [1.165, 1.54) is 31.2 Å². The van der Waals surface area contributed by atoms with Gasteiger partial charge in [-0.1, -0.05) is 42.1 Å². The fourth-order valence-corrected chi connectivity index (χ4v) is 6.84. The van der Waals surface area contributed by atoms with Crippen LogP contribution in [0.5, 0.6) is 0 Å². The van der Waals surface area contributed by atoms with E-state index >= 15 is 0 Å². The molecule has 0 radical (unpaired) electrons. The van der Waals surface area contributed by atoms with Crippen LogP contribution in [0.3, 0.4) is 0 Å². The number of anilines is 2. The lowest BCUT2D eigenvalue weighted by molar-refractivity contribution is 0.216. The van der Waals surface area contributed by atoms with Gasteiger partial charge < -0.3 is 21.0 Å². The average molecular weight is 558 g/mol. The zero-order valence-corrected chi connectivity index (χ0v) is 23.4. The Bertz CT molecular complexity index is 1240. The predicted molar refractivity (Wildman–Crippen MR) is 155 cm³/mol. The molecule has 3 aliphatic rings. The summed E-state index contributed by atoms with van der Waals surface area (Å²) >= 11 is 12.5. The fourth-order valence-electron chi connectivity index (χ4n) is 6.35. The maximum atomic E-state index is 6.44. The fraction of sp³-hybridized carbons (Fsp3) is 0.607. The van der Waals surface area contributed by atoms with Crippen molar-refractivity contribution >= 4 is 46.1 Å². The van der Waals surface area contributed by atoms with Gasteiger partial charge in [0.1, 0.15) is 0 Å². The number of nitrogens with one attached hydrogen (secondary N) is 2. The molecule has 3 fully saturated rings. The molecule has 0 atom stereocenters. The van der Waals surface area contributed by atoms with Gasteiger partial charge >= 0.3 is 0 Å². The Morgan fingerprint density at radius 3 is 2.45 bits per heavy atom. The van der Waals surface area contributed by atoms with Crippen molar-refractivity contribution in [2.45, 2.75) is 88.8 Å². The number of piperidine rings is 1. The van der Waals surface area contributed by atoms with Crippen LogP contribution in [0, 0.1) is 5.92 Å². The first-order valence-corrected chi connectivity index (χ1v) is 15.0. The van der Waals surface area contributed by atoms with E-state index in [0.717, 1.165) is 80.0 Å².